The molecule has 0 spiro atoms. The standard InChI is InChI=1S/C13H20N4O2/c1-13(2,12(19)15-3)8-17-11(18)10-5-4-9(6-14)7-16-10/h4-5,7H,6,8,14H2,1-3H3,(H,15,19)(H,17,18). The Hall–Kier alpha value is -1.95. The van der Waals surface area contributed by atoms with E-state index in [1.165, 1.54) is 0 Å². The summed E-state index contributed by atoms with van der Waals surface area (Å²) in [6.07, 6.45) is 1.57. The number of rotatable bonds is 5. The Morgan fingerprint density at radius 2 is 2.05 bits per heavy atom. The normalized spacial score (nSPS) is 10.9. The quantitative estimate of drug-likeness (QED) is 0.699. The van der Waals surface area contributed by atoms with Gasteiger partial charge in [0.1, 0.15) is 5.69 Å². The van der Waals surface area contributed by atoms with Crippen molar-refractivity contribution in [2.75, 3.05) is 13.6 Å². The molecule has 0 fully saturated rings. The smallest absolute Gasteiger partial charge is 0.269 e. The SMILES string of the molecule is CNC(=O)C(C)(C)CNC(=O)c1ccc(CN)cn1. The predicted molar refractivity (Wildman–Crippen MR) is 72.3 cm³/mol. The number of pyridine rings is 1. The maximum absolute atomic E-state index is 11.9. The maximum Gasteiger partial charge on any atom is 0.269 e. The van der Waals surface area contributed by atoms with Crippen LogP contribution in [0.1, 0.15) is 29.9 Å². The minimum Gasteiger partial charge on any atom is -0.359 e. The first-order valence-corrected chi connectivity index (χ1v) is 6.06. The first-order valence-electron chi connectivity index (χ1n) is 6.06. The number of nitrogens with two attached hydrogens (primary N) is 1. The molecule has 1 aromatic rings. The van der Waals surface area contributed by atoms with Gasteiger partial charge in [0, 0.05) is 26.3 Å². The van der Waals surface area contributed by atoms with Gasteiger partial charge in [-0.1, -0.05) is 6.07 Å². The van der Waals surface area contributed by atoms with Crippen LogP contribution in [0.5, 0.6) is 0 Å². The molecule has 0 saturated heterocycles. The van der Waals surface area contributed by atoms with Crippen LogP contribution in [0.2, 0.25) is 0 Å². The average Bonchev–Trinajstić information content (AvgIpc) is 2.43. The lowest BCUT2D eigenvalue weighted by molar-refractivity contribution is -0.128. The van der Waals surface area contributed by atoms with Gasteiger partial charge in [-0.05, 0) is 25.5 Å². The molecule has 0 aliphatic heterocycles. The molecular weight excluding hydrogens is 244 g/mol. The second kappa shape index (κ2) is 6.29. The molecule has 0 aliphatic carbocycles. The van der Waals surface area contributed by atoms with Gasteiger partial charge < -0.3 is 16.4 Å². The van der Waals surface area contributed by atoms with E-state index in [9.17, 15) is 9.59 Å². The van der Waals surface area contributed by atoms with Gasteiger partial charge in [-0.3, -0.25) is 14.6 Å². The summed E-state index contributed by atoms with van der Waals surface area (Å²) < 4.78 is 0. The van der Waals surface area contributed by atoms with Gasteiger partial charge in [0.15, 0.2) is 0 Å². The molecule has 6 nitrogen and oxygen atoms in total. The van der Waals surface area contributed by atoms with Crippen LogP contribution in [0, 0.1) is 5.41 Å². The molecular formula is C13H20N4O2. The van der Waals surface area contributed by atoms with Gasteiger partial charge in [0.25, 0.3) is 5.91 Å². The Kier molecular flexibility index (Phi) is 5.00. The highest BCUT2D eigenvalue weighted by Crippen LogP contribution is 2.13. The van der Waals surface area contributed by atoms with Crippen molar-refractivity contribution in [2.45, 2.75) is 20.4 Å². The molecule has 1 aromatic heterocycles. The fraction of sp³-hybridized carbons (Fsp3) is 0.462. The second-order valence-corrected chi connectivity index (χ2v) is 4.90. The predicted octanol–water partition coefficient (Wildman–Crippen LogP) is 0.0423. The van der Waals surface area contributed by atoms with Crippen molar-refractivity contribution in [2.24, 2.45) is 11.1 Å². The molecule has 4 N–H and O–H groups in total. The third-order valence-corrected chi connectivity index (χ3v) is 2.83. The lowest BCUT2D eigenvalue weighted by Gasteiger charge is -2.22. The van der Waals surface area contributed by atoms with E-state index < -0.39 is 5.41 Å². The van der Waals surface area contributed by atoms with E-state index in [0.29, 0.717) is 12.2 Å². The number of hydrogen-bond donors (Lipinski definition) is 3. The van der Waals surface area contributed by atoms with Crippen LogP contribution in [-0.2, 0) is 11.3 Å². The van der Waals surface area contributed by atoms with Gasteiger partial charge in [-0.25, -0.2) is 0 Å². The molecule has 19 heavy (non-hydrogen) atoms. The molecule has 0 radical (unpaired) electrons. The van der Waals surface area contributed by atoms with Crippen LogP contribution >= 0.6 is 0 Å². The Labute approximate surface area is 112 Å². The first kappa shape index (κ1) is 15.1. The van der Waals surface area contributed by atoms with Gasteiger partial charge in [0.2, 0.25) is 5.91 Å². The zero-order chi connectivity index (χ0) is 14.5. The van der Waals surface area contributed by atoms with Crippen LogP contribution in [0.4, 0.5) is 0 Å². The summed E-state index contributed by atoms with van der Waals surface area (Å²) in [7, 11) is 1.57. The van der Waals surface area contributed by atoms with E-state index in [1.54, 1.807) is 39.2 Å². The summed E-state index contributed by atoms with van der Waals surface area (Å²) in [5.74, 6) is -0.431. The number of nitrogens with one attached hydrogen (secondary N) is 2. The monoisotopic (exact) mass is 264 g/mol. The number of amides is 2. The van der Waals surface area contributed by atoms with Crippen LogP contribution < -0.4 is 16.4 Å². The highest BCUT2D eigenvalue weighted by atomic mass is 16.2. The summed E-state index contributed by atoms with van der Waals surface area (Å²) >= 11 is 0. The highest BCUT2D eigenvalue weighted by molar-refractivity contribution is 5.92. The van der Waals surface area contributed by atoms with Crippen LogP contribution in [0.25, 0.3) is 0 Å². The Morgan fingerprint density at radius 1 is 1.37 bits per heavy atom. The minimum absolute atomic E-state index is 0.126. The van der Waals surface area contributed by atoms with E-state index in [2.05, 4.69) is 15.6 Å². The molecule has 0 aromatic carbocycles. The number of carbonyl (C=O) groups excluding carboxylic acids is 2. The maximum atomic E-state index is 11.9. The number of hydrogen-bond acceptors (Lipinski definition) is 4. The summed E-state index contributed by atoms with van der Waals surface area (Å²) in [5, 5.41) is 5.26. The largest absolute Gasteiger partial charge is 0.359 e. The Balaban J connectivity index is 2.62. The van der Waals surface area contributed by atoms with E-state index >= 15 is 0 Å². The van der Waals surface area contributed by atoms with Crippen LogP contribution in [0.15, 0.2) is 18.3 Å². The minimum atomic E-state index is -0.665. The Morgan fingerprint density at radius 3 is 2.53 bits per heavy atom. The zero-order valence-electron chi connectivity index (χ0n) is 11.5. The summed E-state index contributed by atoms with van der Waals surface area (Å²) in [6, 6.07) is 3.37. The van der Waals surface area contributed by atoms with E-state index in [1.807, 2.05) is 0 Å². The van der Waals surface area contributed by atoms with Crippen LogP contribution in [-0.4, -0.2) is 30.4 Å². The summed E-state index contributed by atoms with van der Waals surface area (Å²) in [5.41, 5.74) is 5.96. The van der Waals surface area contributed by atoms with Gasteiger partial charge in [0.05, 0.1) is 5.41 Å². The molecule has 104 valence electrons. The number of carbonyl (C=O) groups is 2. The topological polar surface area (TPSA) is 97.1 Å². The molecule has 1 heterocycles. The zero-order valence-corrected chi connectivity index (χ0v) is 11.5. The Bertz CT molecular complexity index is 454. The lowest BCUT2D eigenvalue weighted by Crippen LogP contribution is -2.43. The third kappa shape index (κ3) is 4.03. The summed E-state index contributed by atoms with van der Waals surface area (Å²) in [4.78, 5) is 27.5. The number of nitrogens with zero attached hydrogens (tertiary/aromatic N) is 1. The molecule has 0 saturated carbocycles. The van der Waals surface area contributed by atoms with Crippen molar-refractivity contribution in [3.63, 3.8) is 0 Å². The molecule has 0 bridgehead atoms. The van der Waals surface area contributed by atoms with E-state index in [4.69, 9.17) is 5.73 Å². The van der Waals surface area contributed by atoms with E-state index in [-0.39, 0.29) is 18.4 Å². The number of aromatic nitrogens is 1. The van der Waals surface area contributed by atoms with Crippen molar-refractivity contribution in [1.82, 2.24) is 15.6 Å². The molecule has 0 unspecified atom stereocenters. The van der Waals surface area contributed by atoms with Crippen molar-refractivity contribution in [3.8, 4) is 0 Å². The fourth-order valence-electron chi connectivity index (χ4n) is 1.49. The van der Waals surface area contributed by atoms with Crippen LogP contribution in [0.3, 0.4) is 0 Å². The second-order valence-electron chi connectivity index (χ2n) is 4.90. The molecule has 2 amide bonds. The van der Waals surface area contributed by atoms with Gasteiger partial charge in [-0.2, -0.15) is 0 Å². The van der Waals surface area contributed by atoms with Crippen molar-refractivity contribution in [1.29, 1.82) is 0 Å². The van der Waals surface area contributed by atoms with E-state index in [0.717, 1.165) is 5.56 Å². The van der Waals surface area contributed by atoms with Gasteiger partial charge in [-0.15, -0.1) is 0 Å². The van der Waals surface area contributed by atoms with Crippen molar-refractivity contribution >= 4 is 11.8 Å². The van der Waals surface area contributed by atoms with Gasteiger partial charge >= 0.3 is 0 Å². The lowest BCUT2D eigenvalue weighted by atomic mass is 9.92. The molecule has 1 rings (SSSR count). The highest BCUT2D eigenvalue weighted by Gasteiger charge is 2.27. The van der Waals surface area contributed by atoms with Crippen molar-refractivity contribution in [3.05, 3.63) is 29.6 Å². The molecule has 0 aliphatic rings. The first-order chi connectivity index (χ1) is 8.90. The molecule has 6 heteroatoms. The summed E-state index contributed by atoms with van der Waals surface area (Å²) in [6.45, 7) is 4.15. The third-order valence-electron chi connectivity index (χ3n) is 2.83. The fourth-order valence-corrected chi connectivity index (χ4v) is 1.49. The molecule has 0 atom stereocenters. The van der Waals surface area contributed by atoms with Crippen molar-refractivity contribution < 1.29 is 9.59 Å². The average molecular weight is 264 g/mol.